The van der Waals surface area contributed by atoms with Crippen LogP contribution in [0.25, 0.3) is 11.4 Å². The minimum atomic E-state index is -0.970. The van der Waals surface area contributed by atoms with Crippen LogP contribution < -0.4 is 5.69 Å². The Morgan fingerprint density at radius 2 is 1.50 bits per heavy atom. The Morgan fingerprint density at radius 1 is 0.891 bits per heavy atom. The number of nitrogens with zero attached hydrogens (tertiary/aromatic N) is 5. The summed E-state index contributed by atoms with van der Waals surface area (Å²) in [6.07, 6.45) is 5.48. The third-order valence-corrected chi connectivity index (χ3v) is 9.93. The summed E-state index contributed by atoms with van der Waals surface area (Å²) < 4.78 is 7.51. The lowest BCUT2D eigenvalue weighted by molar-refractivity contribution is -0.142. The molecule has 0 saturated carbocycles. The summed E-state index contributed by atoms with van der Waals surface area (Å²) in [7, 11) is 0. The third kappa shape index (κ3) is 7.14. The summed E-state index contributed by atoms with van der Waals surface area (Å²) in [6, 6.07) is 13.6. The van der Waals surface area contributed by atoms with E-state index in [0.717, 1.165) is 48.2 Å². The molecule has 2 amide bonds. The number of hydrogen-bond donors (Lipinski definition) is 2. The number of aromatic nitrogens is 3. The van der Waals surface area contributed by atoms with Crippen LogP contribution in [0, 0.1) is 13.8 Å². The van der Waals surface area contributed by atoms with Crippen LogP contribution in [0.5, 0.6) is 5.75 Å². The van der Waals surface area contributed by atoms with Gasteiger partial charge in [-0.15, -0.1) is 5.10 Å². The van der Waals surface area contributed by atoms with E-state index in [1.54, 1.807) is 4.90 Å². The molecular formula is C35H46N6O5. The van der Waals surface area contributed by atoms with Gasteiger partial charge >= 0.3 is 11.8 Å². The van der Waals surface area contributed by atoms with Crippen molar-refractivity contribution in [3.8, 4) is 17.1 Å². The molecule has 0 aliphatic carbocycles. The number of carbonyl (C=O) groups is 2. The number of rotatable bonds is 7. The number of nitrogens with one attached hydrogen (secondary N) is 1. The van der Waals surface area contributed by atoms with Crippen LogP contribution in [-0.4, -0.2) is 98.0 Å². The molecule has 2 N–H and O–H groups in total. The number of ether oxygens (including phenoxy) is 1. The molecule has 0 radical (unpaired) electrons. The highest BCUT2D eigenvalue weighted by Gasteiger charge is 2.35. The number of aryl methyl sites for hydroxylation is 2. The lowest BCUT2D eigenvalue weighted by atomic mass is 9.98. The number of hydrogen-bond acceptors (Lipinski definition) is 7. The number of H-pyrrole nitrogens is 1. The fraction of sp³-hybridized carbons (Fsp3) is 0.543. The summed E-state index contributed by atoms with van der Waals surface area (Å²) in [5.41, 5.74) is 2.86. The molecule has 0 spiro atoms. The van der Waals surface area contributed by atoms with E-state index < -0.39 is 12.2 Å². The van der Waals surface area contributed by atoms with Gasteiger partial charge in [-0.3, -0.25) is 9.78 Å². The highest BCUT2D eigenvalue weighted by atomic mass is 16.6. The van der Waals surface area contributed by atoms with Gasteiger partial charge in [-0.05, 0) is 82.2 Å². The molecule has 246 valence electrons. The van der Waals surface area contributed by atoms with E-state index in [9.17, 15) is 19.5 Å². The van der Waals surface area contributed by atoms with Gasteiger partial charge in [0.1, 0.15) is 5.75 Å². The number of phenolic OH excluding ortho intramolecular Hbond substituents is 1. The monoisotopic (exact) mass is 630 g/mol. The molecule has 3 fully saturated rings. The average molecular weight is 631 g/mol. The van der Waals surface area contributed by atoms with Crippen molar-refractivity contribution >= 4 is 12.0 Å². The van der Waals surface area contributed by atoms with E-state index in [1.165, 1.54) is 23.9 Å². The summed E-state index contributed by atoms with van der Waals surface area (Å²) in [5.74, 6) is 0.590. The van der Waals surface area contributed by atoms with Crippen LogP contribution in [0.2, 0.25) is 0 Å². The molecule has 0 unspecified atom stereocenters. The van der Waals surface area contributed by atoms with Crippen LogP contribution >= 0.6 is 0 Å². The van der Waals surface area contributed by atoms with Crippen molar-refractivity contribution in [3.05, 3.63) is 69.6 Å². The summed E-state index contributed by atoms with van der Waals surface area (Å²) in [4.78, 5) is 49.1. The molecule has 3 aromatic rings. The fourth-order valence-electron chi connectivity index (χ4n) is 7.29. The van der Waals surface area contributed by atoms with E-state index >= 15 is 0 Å². The van der Waals surface area contributed by atoms with E-state index in [0.29, 0.717) is 50.9 Å². The first-order chi connectivity index (χ1) is 22.3. The Bertz CT molecular complexity index is 1540. The van der Waals surface area contributed by atoms with Crippen molar-refractivity contribution in [2.24, 2.45) is 0 Å². The van der Waals surface area contributed by atoms with E-state index in [4.69, 9.17) is 4.74 Å². The van der Waals surface area contributed by atoms with Crippen LogP contribution in [0.15, 0.2) is 47.3 Å². The van der Waals surface area contributed by atoms with Gasteiger partial charge in [-0.1, -0.05) is 48.9 Å². The van der Waals surface area contributed by atoms with E-state index in [-0.39, 0.29) is 29.8 Å². The first kappa shape index (κ1) is 31.8. The highest BCUT2D eigenvalue weighted by molar-refractivity contribution is 5.84. The van der Waals surface area contributed by atoms with Gasteiger partial charge < -0.3 is 24.5 Å². The first-order valence-corrected chi connectivity index (χ1v) is 16.8. The molecule has 3 saturated heterocycles. The van der Waals surface area contributed by atoms with Crippen molar-refractivity contribution in [3.63, 3.8) is 0 Å². The van der Waals surface area contributed by atoms with Crippen LogP contribution in [0.4, 0.5) is 4.79 Å². The fourth-order valence-corrected chi connectivity index (χ4v) is 7.29. The number of likely N-dealkylation sites (tertiary alicyclic amines) is 3. The van der Waals surface area contributed by atoms with Crippen molar-refractivity contribution in [2.75, 3.05) is 39.3 Å². The summed E-state index contributed by atoms with van der Waals surface area (Å²) >= 11 is 0. The quantitative estimate of drug-likeness (QED) is 0.396. The van der Waals surface area contributed by atoms with Gasteiger partial charge in [0.15, 0.2) is 11.9 Å². The Kier molecular flexibility index (Phi) is 9.77. The van der Waals surface area contributed by atoms with E-state index in [2.05, 4.69) is 15.0 Å². The zero-order chi connectivity index (χ0) is 32.2. The van der Waals surface area contributed by atoms with Crippen molar-refractivity contribution < 1.29 is 19.4 Å². The number of aromatic amines is 1. The Labute approximate surface area is 270 Å². The molecular weight excluding hydrogens is 584 g/mol. The minimum Gasteiger partial charge on any atom is -0.507 e. The van der Waals surface area contributed by atoms with Gasteiger partial charge in [-0.25, -0.2) is 14.3 Å². The number of phenols is 1. The number of aromatic hydroxyl groups is 1. The molecule has 2 aromatic carbocycles. The molecule has 0 bridgehead atoms. The molecule has 46 heavy (non-hydrogen) atoms. The van der Waals surface area contributed by atoms with Gasteiger partial charge in [0, 0.05) is 44.2 Å². The Hall–Kier alpha value is -4.12. The Balaban J connectivity index is 1.11. The predicted octanol–water partition coefficient (Wildman–Crippen LogP) is 4.42. The zero-order valence-electron chi connectivity index (χ0n) is 27.0. The SMILES string of the molecule is Cc1cc(C[C@@H](OC(=O)N2CCC(n3nc(-c4ccccc4)[nH]c3=O)CC2)C(=O)N2CCC(N3CCCCC3)CC2)cc(C)c1O. The van der Waals surface area contributed by atoms with Crippen LogP contribution in [-0.2, 0) is 16.0 Å². The van der Waals surface area contributed by atoms with Crippen LogP contribution in [0.3, 0.4) is 0 Å². The number of amides is 2. The number of benzene rings is 2. The predicted molar refractivity (Wildman–Crippen MR) is 175 cm³/mol. The minimum absolute atomic E-state index is 0.146. The molecule has 11 nitrogen and oxygen atoms in total. The van der Waals surface area contributed by atoms with Gasteiger partial charge in [0.25, 0.3) is 5.91 Å². The maximum Gasteiger partial charge on any atom is 0.410 e. The largest absolute Gasteiger partial charge is 0.507 e. The van der Waals surface area contributed by atoms with Crippen molar-refractivity contribution in [1.82, 2.24) is 29.5 Å². The summed E-state index contributed by atoms with van der Waals surface area (Å²) in [5, 5.41) is 14.8. The molecule has 4 heterocycles. The van der Waals surface area contributed by atoms with Gasteiger partial charge in [0.2, 0.25) is 0 Å². The normalized spacial score (nSPS) is 19.3. The van der Waals surface area contributed by atoms with Crippen molar-refractivity contribution in [1.29, 1.82) is 0 Å². The lowest BCUT2D eigenvalue weighted by Gasteiger charge is -2.41. The smallest absolute Gasteiger partial charge is 0.410 e. The van der Waals surface area contributed by atoms with Crippen LogP contribution in [0.1, 0.15) is 67.7 Å². The second-order valence-electron chi connectivity index (χ2n) is 13.1. The second kappa shape index (κ2) is 14.1. The first-order valence-electron chi connectivity index (χ1n) is 16.8. The lowest BCUT2D eigenvalue weighted by Crippen LogP contribution is -2.52. The summed E-state index contributed by atoms with van der Waals surface area (Å²) in [6.45, 7) is 8.02. The maximum absolute atomic E-state index is 14.0. The number of piperidine rings is 3. The molecule has 11 heteroatoms. The maximum atomic E-state index is 14.0. The Morgan fingerprint density at radius 3 is 2.15 bits per heavy atom. The standard InChI is InChI=1S/C35H46N6O5/c1-24-21-26(22-25(2)31(24)42)23-30(33(43)39-17-11-28(12-18-39)38-15-7-4-8-16-38)46-35(45)40-19-13-29(14-20-40)41-34(44)36-32(37-41)27-9-5-3-6-10-27/h3,5-6,9-10,21-22,28-30,42H,4,7-8,11-20,23H2,1-2H3,(H,36,37,44)/t30-/m1/s1. The number of carbonyl (C=O) groups excluding carboxylic acids is 2. The molecule has 3 aliphatic rings. The molecule has 1 atom stereocenters. The average Bonchev–Trinajstić information content (AvgIpc) is 3.48. The van der Waals surface area contributed by atoms with Crippen molar-refractivity contribution in [2.45, 2.75) is 83.4 Å². The molecule has 1 aromatic heterocycles. The highest BCUT2D eigenvalue weighted by Crippen LogP contribution is 2.27. The van der Waals surface area contributed by atoms with Gasteiger partial charge in [0.05, 0.1) is 6.04 Å². The van der Waals surface area contributed by atoms with Gasteiger partial charge in [-0.2, -0.15) is 0 Å². The third-order valence-electron chi connectivity index (χ3n) is 9.93. The molecule has 6 rings (SSSR count). The second-order valence-corrected chi connectivity index (χ2v) is 13.1. The topological polar surface area (TPSA) is 124 Å². The van der Waals surface area contributed by atoms with E-state index in [1.807, 2.05) is 61.2 Å². The molecule has 3 aliphatic heterocycles. The zero-order valence-corrected chi connectivity index (χ0v) is 27.0.